The summed E-state index contributed by atoms with van der Waals surface area (Å²) < 4.78 is 16.1. The molecule has 82 valence electrons. The zero-order chi connectivity index (χ0) is 10.7. The maximum Gasteiger partial charge on any atom is 0.237 e. The topological polar surface area (TPSA) is 66.6 Å². The highest BCUT2D eigenvalue weighted by atomic mass is 16.6. The van der Waals surface area contributed by atoms with Crippen molar-refractivity contribution < 1.29 is 14.2 Å². The molecule has 2 rings (SSSR count). The number of nitrogens with two attached hydrogens (primary N) is 1. The fourth-order valence-corrected chi connectivity index (χ4v) is 1.49. The standard InChI is InChI=1S/C10H14N2O3/c1-13-8-5-14-6-9(8)15-10-7(11)3-2-4-12-10/h2-4,8-9H,5-6,11H2,1H3. The van der Waals surface area contributed by atoms with E-state index in [1.54, 1.807) is 25.4 Å². The van der Waals surface area contributed by atoms with E-state index in [-0.39, 0.29) is 12.2 Å². The Morgan fingerprint density at radius 2 is 2.27 bits per heavy atom. The average Bonchev–Trinajstić information content (AvgIpc) is 2.69. The number of anilines is 1. The number of methoxy groups -OCH3 is 1. The molecule has 1 aromatic heterocycles. The Hall–Kier alpha value is -1.33. The Kier molecular flexibility index (Phi) is 3.03. The first-order chi connectivity index (χ1) is 7.31. The lowest BCUT2D eigenvalue weighted by atomic mass is 10.2. The average molecular weight is 210 g/mol. The van der Waals surface area contributed by atoms with Crippen molar-refractivity contribution in [1.29, 1.82) is 0 Å². The molecule has 5 heteroatoms. The van der Waals surface area contributed by atoms with Gasteiger partial charge in [-0.2, -0.15) is 0 Å². The van der Waals surface area contributed by atoms with Crippen LogP contribution in [0.1, 0.15) is 0 Å². The van der Waals surface area contributed by atoms with Crippen LogP contribution in [0.3, 0.4) is 0 Å². The predicted octanol–water partition coefficient (Wildman–Crippen LogP) is 0.456. The molecule has 0 amide bonds. The molecular weight excluding hydrogens is 196 g/mol. The SMILES string of the molecule is COC1COCC1Oc1ncccc1N. The fourth-order valence-electron chi connectivity index (χ4n) is 1.49. The number of aromatic nitrogens is 1. The Labute approximate surface area is 88.2 Å². The van der Waals surface area contributed by atoms with Crippen LogP contribution in [0, 0.1) is 0 Å². The Balaban J connectivity index is 2.05. The van der Waals surface area contributed by atoms with Gasteiger partial charge in [0.2, 0.25) is 5.88 Å². The van der Waals surface area contributed by atoms with Crippen molar-refractivity contribution in [2.24, 2.45) is 0 Å². The smallest absolute Gasteiger partial charge is 0.237 e. The molecule has 0 bridgehead atoms. The van der Waals surface area contributed by atoms with Crippen LogP contribution in [0.2, 0.25) is 0 Å². The number of hydrogen-bond acceptors (Lipinski definition) is 5. The minimum Gasteiger partial charge on any atom is -0.468 e. The van der Waals surface area contributed by atoms with E-state index >= 15 is 0 Å². The Bertz CT molecular complexity index is 332. The minimum atomic E-state index is -0.132. The van der Waals surface area contributed by atoms with Crippen molar-refractivity contribution >= 4 is 5.69 Å². The van der Waals surface area contributed by atoms with Crippen LogP contribution in [-0.4, -0.2) is 37.5 Å². The maximum absolute atomic E-state index is 5.72. The van der Waals surface area contributed by atoms with Gasteiger partial charge in [0.25, 0.3) is 0 Å². The van der Waals surface area contributed by atoms with Gasteiger partial charge in [-0.15, -0.1) is 0 Å². The van der Waals surface area contributed by atoms with Crippen molar-refractivity contribution in [2.75, 3.05) is 26.1 Å². The number of nitrogens with zero attached hydrogens (tertiary/aromatic N) is 1. The largest absolute Gasteiger partial charge is 0.468 e. The molecule has 2 N–H and O–H groups in total. The highest BCUT2D eigenvalue weighted by molar-refractivity contribution is 5.47. The summed E-state index contributed by atoms with van der Waals surface area (Å²) in [6.07, 6.45) is 1.46. The molecule has 0 radical (unpaired) electrons. The number of pyridine rings is 1. The predicted molar refractivity (Wildman–Crippen MR) is 54.7 cm³/mol. The quantitative estimate of drug-likeness (QED) is 0.784. The monoisotopic (exact) mass is 210 g/mol. The molecule has 2 unspecified atom stereocenters. The van der Waals surface area contributed by atoms with Crippen molar-refractivity contribution in [2.45, 2.75) is 12.2 Å². The van der Waals surface area contributed by atoms with Gasteiger partial charge >= 0.3 is 0 Å². The van der Waals surface area contributed by atoms with E-state index in [1.165, 1.54) is 0 Å². The van der Waals surface area contributed by atoms with Crippen LogP contribution in [-0.2, 0) is 9.47 Å². The summed E-state index contributed by atoms with van der Waals surface area (Å²) in [7, 11) is 1.64. The number of ether oxygens (including phenoxy) is 3. The number of hydrogen-bond donors (Lipinski definition) is 1. The molecule has 1 fully saturated rings. The lowest BCUT2D eigenvalue weighted by molar-refractivity contribution is 0.0311. The van der Waals surface area contributed by atoms with Gasteiger partial charge in [0, 0.05) is 13.3 Å². The zero-order valence-electron chi connectivity index (χ0n) is 8.55. The normalized spacial score (nSPS) is 25.4. The number of nitrogen functional groups attached to an aromatic ring is 1. The van der Waals surface area contributed by atoms with E-state index in [0.717, 1.165) is 0 Å². The van der Waals surface area contributed by atoms with Gasteiger partial charge in [-0.3, -0.25) is 0 Å². The molecule has 5 nitrogen and oxygen atoms in total. The van der Waals surface area contributed by atoms with Crippen molar-refractivity contribution in [1.82, 2.24) is 4.98 Å². The molecule has 1 saturated heterocycles. The van der Waals surface area contributed by atoms with E-state index in [4.69, 9.17) is 19.9 Å². The molecule has 2 heterocycles. The lowest BCUT2D eigenvalue weighted by Gasteiger charge is -2.17. The third kappa shape index (κ3) is 2.19. The van der Waals surface area contributed by atoms with Crippen LogP contribution in [0.25, 0.3) is 0 Å². The summed E-state index contributed by atoms with van der Waals surface area (Å²) in [6.45, 7) is 1.06. The summed E-state index contributed by atoms with van der Waals surface area (Å²) in [5.74, 6) is 0.440. The van der Waals surface area contributed by atoms with E-state index < -0.39 is 0 Å². The molecule has 15 heavy (non-hydrogen) atoms. The second-order valence-electron chi connectivity index (χ2n) is 3.37. The van der Waals surface area contributed by atoms with Crippen molar-refractivity contribution in [3.8, 4) is 5.88 Å². The molecule has 0 spiro atoms. The summed E-state index contributed by atoms with van der Waals surface area (Å²) in [4.78, 5) is 4.05. The number of rotatable bonds is 3. The molecule has 1 aromatic rings. The van der Waals surface area contributed by atoms with E-state index in [2.05, 4.69) is 4.98 Å². The highest BCUT2D eigenvalue weighted by Crippen LogP contribution is 2.21. The van der Waals surface area contributed by atoms with Crippen LogP contribution in [0.5, 0.6) is 5.88 Å². The van der Waals surface area contributed by atoms with E-state index in [9.17, 15) is 0 Å². The first kappa shape index (κ1) is 10.2. The van der Waals surface area contributed by atoms with Crippen molar-refractivity contribution in [3.63, 3.8) is 0 Å². The highest BCUT2D eigenvalue weighted by Gasteiger charge is 2.30. The lowest BCUT2D eigenvalue weighted by Crippen LogP contribution is -2.32. The Morgan fingerprint density at radius 3 is 3.00 bits per heavy atom. The second-order valence-corrected chi connectivity index (χ2v) is 3.37. The molecule has 1 aliphatic rings. The molecular formula is C10H14N2O3. The summed E-state index contributed by atoms with van der Waals surface area (Å²) >= 11 is 0. The van der Waals surface area contributed by atoms with Crippen molar-refractivity contribution in [3.05, 3.63) is 18.3 Å². The van der Waals surface area contributed by atoms with E-state index in [1.807, 2.05) is 0 Å². The third-order valence-corrected chi connectivity index (χ3v) is 2.35. The van der Waals surface area contributed by atoms with Crippen LogP contribution in [0.15, 0.2) is 18.3 Å². The molecule has 0 aromatic carbocycles. The first-order valence-electron chi connectivity index (χ1n) is 4.79. The third-order valence-electron chi connectivity index (χ3n) is 2.35. The second kappa shape index (κ2) is 4.46. The van der Waals surface area contributed by atoms with Gasteiger partial charge in [0.05, 0.1) is 18.9 Å². The van der Waals surface area contributed by atoms with Crippen LogP contribution in [0.4, 0.5) is 5.69 Å². The van der Waals surface area contributed by atoms with Crippen LogP contribution < -0.4 is 10.5 Å². The van der Waals surface area contributed by atoms with Gasteiger partial charge < -0.3 is 19.9 Å². The Morgan fingerprint density at radius 1 is 1.47 bits per heavy atom. The van der Waals surface area contributed by atoms with Gasteiger partial charge in [0.15, 0.2) is 6.10 Å². The summed E-state index contributed by atoms with van der Waals surface area (Å²) in [5.41, 5.74) is 6.24. The van der Waals surface area contributed by atoms with Gasteiger partial charge in [-0.25, -0.2) is 4.98 Å². The summed E-state index contributed by atoms with van der Waals surface area (Å²) in [6, 6.07) is 3.51. The molecule has 0 aliphatic carbocycles. The molecule has 2 atom stereocenters. The molecule has 0 saturated carbocycles. The van der Waals surface area contributed by atoms with Gasteiger partial charge in [-0.1, -0.05) is 0 Å². The van der Waals surface area contributed by atoms with E-state index in [0.29, 0.717) is 24.8 Å². The maximum atomic E-state index is 5.72. The van der Waals surface area contributed by atoms with Gasteiger partial charge in [-0.05, 0) is 12.1 Å². The zero-order valence-corrected chi connectivity index (χ0v) is 8.55. The minimum absolute atomic E-state index is 0.0496. The fraction of sp³-hybridized carbons (Fsp3) is 0.500. The molecule has 1 aliphatic heterocycles. The van der Waals surface area contributed by atoms with Gasteiger partial charge in [0.1, 0.15) is 6.10 Å². The van der Waals surface area contributed by atoms with Crippen LogP contribution >= 0.6 is 0 Å². The first-order valence-corrected chi connectivity index (χ1v) is 4.79. The summed E-state index contributed by atoms with van der Waals surface area (Å²) in [5, 5.41) is 0.